The van der Waals surface area contributed by atoms with Crippen molar-refractivity contribution in [1.82, 2.24) is 0 Å². The van der Waals surface area contributed by atoms with Crippen LogP contribution in [0.2, 0.25) is 0 Å². The van der Waals surface area contributed by atoms with E-state index in [0.29, 0.717) is 6.42 Å². The summed E-state index contributed by atoms with van der Waals surface area (Å²) in [5, 5.41) is 0.883. The quantitative estimate of drug-likeness (QED) is 0.605. The van der Waals surface area contributed by atoms with E-state index in [1.807, 2.05) is 43.3 Å². The van der Waals surface area contributed by atoms with E-state index in [9.17, 15) is 4.79 Å². The van der Waals surface area contributed by atoms with Crippen molar-refractivity contribution < 1.29 is 4.79 Å². The van der Waals surface area contributed by atoms with Crippen LogP contribution in [-0.4, -0.2) is 25.2 Å². The Balaban J connectivity index is 2.67. The average molecular weight is 270 g/mol. The molecule has 0 radical (unpaired) electrons. The first-order valence-corrected chi connectivity index (χ1v) is 6.14. The average Bonchev–Trinajstić information content (AvgIpc) is 2.26. The summed E-state index contributed by atoms with van der Waals surface area (Å²) in [7, 11) is 3.98. The molecule has 0 saturated carbocycles. The molecule has 0 bridgehead atoms. The zero-order chi connectivity index (χ0) is 11.3. The third-order valence-electron chi connectivity index (χ3n) is 2.24. The number of Topliss-reactive ketones (excluding diaryl/α,β-unsaturated/α-hetero) is 1. The number of alkyl halides is 1. The summed E-state index contributed by atoms with van der Waals surface area (Å²) in [5.74, 6) is 0.222. The minimum atomic E-state index is 0.222. The van der Waals surface area contributed by atoms with Crippen LogP contribution in [0.5, 0.6) is 0 Å². The zero-order valence-electron chi connectivity index (χ0n) is 9.16. The molecule has 1 aromatic rings. The highest BCUT2D eigenvalue weighted by molar-refractivity contribution is 9.09. The third kappa shape index (κ3) is 3.67. The van der Waals surface area contributed by atoms with Gasteiger partial charge in [-0.15, -0.1) is 0 Å². The third-order valence-corrected chi connectivity index (χ3v) is 2.80. The van der Waals surface area contributed by atoms with Crippen LogP contribution in [0.4, 0.5) is 5.69 Å². The van der Waals surface area contributed by atoms with E-state index in [-0.39, 0.29) is 5.78 Å². The molecule has 0 aromatic heterocycles. The Morgan fingerprint density at radius 3 is 2.33 bits per heavy atom. The summed E-state index contributed by atoms with van der Waals surface area (Å²) in [6.45, 7) is 0. The predicted octanol–water partition coefficient (Wildman–Crippen LogP) is 3.11. The maximum Gasteiger partial charge on any atom is 0.162 e. The van der Waals surface area contributed by atoms with Crippen molar-refractivity contribution >= 4 is 27.4 Å². The van der Waals surface area contributed by atoms with Gasteiger partial charge in [0.25, 0.3) is 0 Å². The van der Waals surface area contributed by atoms with E-state index < -0.39 is 0 Å². The lowest BCUT2D eigenvalue weighted by molar-refractivity contribution is 0.0982. The summed E-state index contributed by atoms with van der Waals surface area (Å²) in [5.41, 5.74) is 1.92. The molecule has 0 aliphatic heterocycles. The number of carbonyl (C=O) groups excluding carboxylic acids is 1. The van der Waals surface area contributed by atoms with Gasteiger partial charge in [0.1, 0.15) is 0 Å². The van der Waals surface area contributed by atoms with E-state index >= 15 is 0 Å². The molecular formula is C12H16BrNO. The maximum atomic E-state index is 11.7. The summed E-state index contributed by atoms with van der Waals surface area (Å²) in [6, 6.07) is 7.74. The molecule has 0 heterocycles. The SMILES string of the molecule is CN(C)c1ccc(C(=O)CCCBr)cc1. The van der Waals surface area contributed by atoms with Gasteiger partial charge in [0.05, 0.1) is 0 Å². The van der Waals surface area contributed by atoms with Crippen molar-refractivity contribution in [2.45, 2.75) is 12.8 Å². The zero-order valence-corrected chi connectivity index (χ0v) is 10.8. The second-order valence-corrected chi connectivity index (χ2v) is 4.45. The van der Waals surface area contributed by atoms with Gasteiger partial charge in [-0.2, -0.15) is 0 Å². The Hall–Kier alpha value is -0.830. The Morgan fingerprint density at radius 1 is 1.27 bits per heavy atom. The molecule has 0 aliphatic rings. The molecule has 1 rings (SSSR count). The molecule has 0 N–H and O–H groups in total. The lowest BCUT2D eigenvalue weighted by atomic mass is 10.1. The normalized spacial score (nSPS) is 10.1. The molecule has 0 unspecified atom stereocenters. The lowest BCUT2D eigenvalue weighted by Crippen LogP contribution is -2.08. The predicted molar refractivity (Wildman–Crippen MR) is 68.1 cm³/mol. The number of ketones is 1. The van der Waals surface area contributed by atoms with E-state index in [1.54, 1.807) is 0 Å². The second kappa shape index (κ2) is 5.91. The Morgan fingerprint density at radius 2 is 1.87 bits per heavy atom. The fourth-order valence-corrected chi connectivity index (χ4v) is 1.60. The van der Waals surface area contributed by atoms with Gasteiger partial charge in [-0.1, -0.05) is 15.9 Å². The maximum absolute atomic E-state index is 11.7. The van der Waals surface area contributed by atoms with Gasteiger partial charge in [0.15, 0.2) is 5.78 Å². The van der Waals surface area contributed by atoms with Gasteiger partial charge in [-0.3, -0.25) is 4.79 Å². The van der Waals surface area contributed by atoms with Crippen molar-refractivity contribution in [2.24, 2.45) is 0 Å². The highest BCUT2D eigenvalue weighted by atomic mass is 79.9. The van der Waals surface area contributed by atoms with Crippen molar-refractivity contribution in [3.05, 3.63) is 29.8 Å². The highest BCUT2D eigenvalue weighted by Crippen LogP contribution is 2.14. The van der Waals surface area contributed by atoms with Gasteiger partial charge in [-0.25, -0.2) is 0 Å². The van der Waals surface area contributed by atoms with Gasteiger partial charge < -0.3 is 4.90 Å². The van der Waals surface area contributed by atoms with Crippen molar-refractivity contribution in [3.8, 4) is 0 Å². The lowest BCUT2D eigenvalue weighted by Gasteiger charge is -2.12. The molecule has 82 valence electrons. The minimum Gasteiger partial charge on any atom is -0.378 e. The van der Waals surface area contributed by atoms with E-state index in [0.717, 1.165) is 23.0 Å². The van der Waals surface area contributed by atoms with Crippen LogP contribution in [0.25, 0.3) is 0 Å². The van der Waals surface area contributed by atoms with Crippen LogP contribution in [0.1, 0.15) is 23.2 Å². The van der Waals surface area contributed by atoms with Gasteiger partial charge in [-0.05, 0) is 30.7 Å². The molecule has 0 atom stereocenters. The molecule has 0 saturated heterocycles. The largest absolute Gasteiger partial charge is 0.378 e. The molecule has 0 aliphatic carbocycles. The van der Waals surface area contributed by atoms with E-state index in [2.05, 4.69) is 15.9 Å². The number of nitrogens with zero attached hydrogens (tertiary/aromatic N) is 1. The monoisotopic (exact) mass is 269 g/mol. The van der Waals surface area contributed by atoms with Crippen LogP contribution in [0, 0.1) is 0 Å². The molecule has 0 fully saturated rings. The Labute approximate surface area is 99.4 Å². The Bertz CT molecular complexity index is 319. The molecule has 0 amide bonds. The van der Waals surface area contributed by atoms with Crippen LogP contribution in [-0.2, 0) is 0 Å². The van der Waals surface area contributed by atoms with Gasteiger partial charge >= 0.3 is 0 Å². The first kappa shape index (κ1) is 12.2. The molecular weight excluding hydrogens is 254 g/mol. The number of hydrogen-bond donors (Lipinski definition) is 0. The standard InChI is InChI=1S/C12H16BrNO/c1-14(2)11-7-5-10(6-8-11)12(15)4-3-9-13/h5-8H,3-4,9H2,1-2H3. The topological polar surface area (TPSA) is 20.3 Å². The number of carbonyl (C=O) groups is 1. The van der Waals surface area contributed by atoms with Crippen molar-refractivity contribution in [1.29, 1.82) is 0 Å². The Kier molecular flexibility index (Phi) is 4.82. The first-order valence-electron chi connectivity index (χ1n) is 5.01. The number of hydrogen-bond acceptors (Lipinski definition) is 2. The minimum absolute atomic E-state index is 0.222. The molecule has 3 heteroatoms. The van der Waals surface area contributed by atoms with E-state index in [4.69, 9.17) is 0 Å². The van der Waals surface area contributed by atoms with Gasteiger partial charge in [0, 0.05) is 37.1 Å². The summed E-state index contributed by atoms with van der Waals surface area (Å²) in [4.78, 5) is 13.7. The van der Waals surface area contributed by atoms with E-state index in [1.165, 1.54) is 0 Å². The smallest absolute Gasteiger partial charge is 0.162 e. The summed E-state index contributed by atoms with van der Waals surface area (Å²) >= 11 is 3.32. The number of rotatable bonds is 5. The van der Waals surface area contributed by atoms with Crippen LogP contribution >= 0.6 is 15.9 Å². The second-order valence-electron chi connectivity index (χ2n) is 3.66. The fourth-order valence-electron chi connectivity index (χ4n) is 1.32. The molecule has 0 spiro atoms. The van der Waals surface area contributed by atoms with Crippen molar-refractivity contribution in [3.63, 3.8) is 0 Å². The molecule has 1 aromatic carbocycles. The summed E-state index contributed by atoms with van der Waals surface area (Å²) in [6.07, 6.45) is 1.51. The fraction of sp³-hybridized carbons (Fsp3) is 0.417. The highest BCUT2D eigenvalue weighted by Gasteiger charge is 2.05. The molecule has 15 heavy (non-hydrogen) atoms. The van der Waals surface area contributed by atoms with Gasteiger partial charge in [0.2, 0.25) is 0 Å². The van der Waals surface area contributed by atoms with Crippen LogP contribution in [0.3, 0.4) is 0 Å². The van der Waals surface area contributed by atoms with Crippen molar-refractivity contribution in [2.75, 3.05) is 24.3 Å². The number of halogens is 1. The number of benzene rings is 1. The van der Waals surface area contributed by atoms with Crippen LogP contribution < -0.4 is 4.90 Å². The first-order chi connectivity index (χ1) is 7.15. The van der Waals surface area contributed by atoms with Crippen LogP contribution in [0.15, 0.2) is 24.3 Å². The molecule has 2 nitrogen and oxygen atoms in total. The summed E-state index contributed by atoms with van der Waals surface area (Å²) < 4.78 is 0. The number of anilines is 1.